The summed E-state index contributed by atoms with van der Waals surface area (Å²) in [6, 6.07) is 3.14. The Kier molecular flexibility index (Phi) is 4.65. The lowest BCUT2D eigenvalue weighted by atomic mass is 10.1. The number of carboxylic acid groups (broad SMARTS) is 1. The van der Waals surface area contributed by atoms with Crippen LogP contribution in [0.25, 0.3) is 0 Å². The molecule has 1 unspecified atom stereocenters. The monoisotopic (exact) mass is 282 g/mol. The van der Waals surface area contributed by atoms with Crippen LogP contribution in [0.4, 0.5) is 10.1 Å². The zero-order chi connectivity index (χ0) is 14.5. The first-order valence-electron chi connectivity index (χ1n) is 6.21. The van der Waals surface area contributed by atoms with Gasteiger partial charge in [-0.25, -0.2) is 9.18 Å². The summed E-state index contributed by atoms with van der Waals surface area (Å²) in [6.07, 6.45) is -0.173. The summed E-state index contributed by atoms with van der Waals surface area (Å²) >= 11 is 0. The summed E-state index contributed by atoms with van der Waals surface area (Å²) in [5.74, 6) is -2.25. The molecule has 1 aromatic carbocycles. The fourth-order valence-electron chi connectivity index (χ4n) is 1.97. The second-order valence-electron chi connectivity index (χ2n) is 4.44. The van der Waals surface area contributed by atoms with E-state index < -0.39 is 17.7 Å². The average molecular weight is 282 g/mol. The number of rotatable bonds is 4. The summed E-state index contributed by atoms with van der Waals surface area (Å²) in [6.45, 7) is 1.83. The summed E-state index contributed by atoms with van der Waals surface area (Å²) in [5, 5.41) is 14.5. The summed E-state index contributed by atoms with van der Waals surface area (Å²) < 4.78 is 18.5. The van der Waals surface area contributed by atoms with Crippen LogP contribution < -0.4 is 10.6 Å². The number of anilines is 1. The number of nitrogens with one attached hydrogen (secondary N) is 2. The zero-order valence-corrected chi connectivity index (χ0v) is 10.7. The molecule has 0 bridgehead atoms. The van der Waals surface area contributed by atoms with Gasteiger partial charge in [-0.15, -0.1) is 0 Å². The highest BCUT2D eigenvalue weighted by Crippen LogP contribution is 2.18. The first-order valence-corrected chi connectivity index (χ1v) is 6.21. The molecular weight excluding hydrogens is 267 g/mol. The molecule has 0 radical (unpaired) electrons. The number of carbonyl (C=O) groups excluding carboxylic acids is 1. The van der Waals surface area contributed by atoms with Gasteiger partial charge in [0.05, 0.1) is 30.4 Å². The second kappa shape index (κ2) is 6.44. The van der Waals surface area contributed by atoms with Crippen molar-refractivity contribution >= 4 is 17.6 Å². The van der Waals surface area contributed by atoms with E-state index in [1.807, 2.05) is 0 Å². The van der Waals surface area contributed by atoms with Crippen molar-refractivity contribution in [3.8, 4) is 0 Å². The number of hydrogen-bond acceptors (Lipinski definition) is 4. The Morgan fingerprint density at radius 3 is 2.95 bits per heavy atom. The number of ether oxygens (including phenoxy) is 1. The quantitative estimate of drug-likeness (QED) is 0.761. The first kappa shape index (κ1) is 14.4. The molecule has 1 saturated heterocycles. The summed E-state index contributed by atoms with van der Waals surface area (Å²) in [7, 11) is 0. The van der Waals surface area contributed by atoms with Gasteiger partial charge in [-0.3, -0.25) is 4.79 Å². The van der Waals surface area contributed by atoms with E-state index in [1.54, 1.807) is 0 Å². The molecule has 1 fully saturated rings. The van der Waals surface area contributed by atoms with E-state index in [2.05, 4.69) is 10.6 Å². The molecule has 6 nitrogen and oxygen atoms in total. The van der Waals surface area contributed by atoms with Gasteiger partial charge < -0.3 is 20.5 Å². The smallest absolute Gasteiger partial charge is 0.337 e. The minimum absolute atomic E-state index is 0.0498. The molecule has 1 amide bonds. The molecule has 20 heavy (non-hydrogen) atoms. The molecule has 1 aliphatic rings. The van der Waals surface area contributed by atoms with Gasteiger partial charge in [-0.05, 0) is 18.2 Å². The zero-order valence-electron chi connectivity index (χ0n) is 10.7. The summed E-state index contributed by atoms with van der Waals surface area (Å²) in [5.41, 5.74) is -0.200. The number of benzene rings is 1. The van der Waals surface area contributed by atoms with Gasteiger partial charge in [0.1, 0.15) is 5.82 Å². The fourth-order valence-corrected chi connectivity index (χ4v) is 1.97. The van der Waals surface area contributed by atoms with Crippen LogP contribution >= 0.6 is 0 Å². The van der Waals surface area contributed by atoms with Gasteiger partial charge in [-0.2, -0.15) is 0 Å². The molecule has 0 spiro atoms. The van der Waals surface area contributed by atoms with Crippen LogP contribution in [0.15, 0.2) is 18.2 Å². The molecule has 1 heterocycles. The Bertz CT molecular complexity index is 515. The lowest BCUT2D eigenvalue weighted by molar-refractivity contribution is -0.119. The predicted molar refractivity (Wildman–Crippen MR) is 69.2 cm³/mol. The van der Waals surface area contributed by atoms with Gasteiger partial charge in [0.25, 0.3) is 0 Å². The van der Waals surface area contributed by atoms with E-state index >= 15 is 0 Å². The Hall–Kier alpha value is -1.99. The van der Waals surface area contributed by atoms with E-state index in [-0.39, 0.29) is 23.8 Å². The van der Waals surface area contributed by atoms with Crippen molar-refractivity contribution in [2.75, 3.05) is 25.0 Å². The van der Waals surface area contributed by atoms with Crippen LogP contribution in [-0.2, 0) is 9.53 Å². The minimum Gasteiger partial charge on any atom is -0.478 e. The Balaban J connectivity index is 2.03. The lowest BCUT2D eigenvalue weighted by Gasteiger charge is -2.23. The summed E-state index contributed by atoms with van der Waals surface area (Å²) in [4.78, 5) is 22.8. The number of aromatic carboxylic acids is 1. The maximum atomic E-state index is 13.1. The highest BCUT2D eigenvalue weighted by atomic mass is 19.1. The third-order valence-electron chi connectivity index (χ3n) is 2.90. The van der Waals surface area contributed by atoms with Crippen molar-refractivity contribution in [2.45, 2.75) is 12.5 Å². The van der Waals surface area contributed by atoms with Crippen LogP contribution in [0.5, 0.6) is 0 Å². The second-order valence-corrected chi connectivity index (χ2v) is 4.44. The Morgan fingerprint density at radius 2 is 2.30 bits per heavy atom. The largest absolute Gasteiger partial charge is 0.478 e. The van der Waals surface area contributed by atoms with E-state index in [0.717, 1.165) is 24.7 Å². The van der Waals surface area contributed by atoms with Gasteiger partial charge in [-0.1, -0.05) is 0 Å². The van der Waals surface area contributed by atoms with Crippen molar-refractivity contribution in [3.05, 3.63) is 29.6 Å². The lowest BCUT2D eigenvalue weighted by Crippen LogP contribution is -2.40. The van der Waals surface area contributed by atoms with Crippen LogP contribution in [0.2, 0.25) is 0 Å². The number of halogens is 1. The molecule has 1 atom stereocenters. The minimum atomic E-state index is -1.23. The van der Waals surface area contributed by atoms with Crippen LogP contribution in [0.1, 0.15) is 16.8 Å². The van der Waals surface area contributed by atoms with Crippen molar-refractivity contribution in [3.63, 3.8) is 0 Å². The molecule has 7 heteroatoms. The molecule has 2 rings (SSSR count). The fraction of sp³-hybridized carbons (Fsp3) is 0.385. The van der Waals surface area contributed by atoms with Crippen molar-refractivity contribution < 1.29 is 23.8 Å². The molecule has 1 aliphatic heterocycles. The molecular formula is C13H15FN2O4. The maximum Gasteiger partial charge on any atom is 0.337 e. The maximum absolute atomic E-state index is 13.1. The van der Waals surface area contributed by atoms with Crippen molar-refractivity contribution in [2.24, 2.45) is 0 Å². The van der Waals surface area contributed by atoms with Gasteiger partial charge in [0, 0.05) is 13.1 Å². The van der Waals surface area contributed by atoms with Crippen LogP contribution in [0, 0.1) is 5.82 Å². The number of carboxylic acids is 1. The van der Waals surface area contributed by atoms with Crippen LogP contribution in [0.3, 0.4) is 0 Å². The number of morpholine rings is 1. The van der Waals surface area contributed by atoms with Crippen molar-refractivity contribution in [1.82, 2.24) is 5.32 Å². The molecule has 0 aliphatic carbocycles. The third-order valence-corrected chi connectivity index (χ3v) is 2.90. The molecule has 0 aromatic heterocycles. The van der Waals surface area contributed by atoms with E-state index in [0.29, 0.717) is 13.2 Å². The van der Waals surface area contributed by atoms with E-state index in [4.69, 9.17) is 9.84 Å². The number of carbonyl (C=O) groups is 2. The van der Waals surface area contributed by atoms with Gasteiger partial charge in [0.15, 0.2) is 0 Å². The molecule has 3 N–H and O–H groups in total. The molecule has 0 saturated carbocycles. The first-order chi connectivity index (χ1) is 9.56. The predicted octanol–water partition coefficient (Wildman–Crippen LogP) is 0.841. The van der Waals surface area contributed by atoms with Gasteiger partial charge in [0.2, 0.25) is 5.91 Å². The normalized spacial score (nSPS) is 18.6. The highest BCUT2D eigenvalue weighted by molar-refractivity contribution is 6.00. The SMILES string of the molecule is O=C(CC1CNCCO1)Nc1cc(F)ccc1C(=O)O. The molecule has 1 aromatic rings. The highest BCUT2D eigenvalue weighted by Gasteiger charge is 2.19. The third kappa shape index (κ3) is 3.75. The van der Waals surface area contributed by atoms with Gasteiger partial charge >= 0.3 is 5.97 Å². The average Bonchev–Trinajstić information content (AvgIpc) is 2.39. The van der Waals surface area contributed by atoms with Crippen molar-refractivity contribution in [1.29, 1.82) is 0 Å². The Labute approximate surface area is 114 Å². The molecule has 108 valence electrons. The number of hydrogen-bond donors (Lipinski definition) is 3. The Morgan fingerprint density at radius 1 is 1.50 bits per heavy atom. The standard InChI is InChI=1S/C13H15FN2O4/c14-8-1-2-10(13(18)19)11(5-8)16-12(17)6-9-7-15-3-4-20-9/h1-2,5,9,15H,3-4,6-7H2,(H,16,17)(H,18,19). The van der Waals surface area contributed by atoms with E-state index in [9.17, 15) is 14.0 Å². The number of amides is 1. The topological polar surface area (TPSA) is 87.7 Å². The van der Waals surface area contributed by atoms with Crippen LogP contribution in [-0.4, -0.2) is 42.8 Å². The van der Waals surface area contributed by atoms with E-state index in [1.165, 1.54) is 0 Å².